The van der Waals surface area contributed by atoms with Gasteiger partial charge >= 0.3 is 0 Å². The number of halogens is 1. The highest BCUT2D eigenvalue weighted by molar-refractivity contribution is 7.92. The molecule has 0 unspecified atom stereocenters. The topological polar surface area (TPSA) is 75.7 Å². The molecular weight excluding hydrogens is 431 g/mol. The quantitative estimate of drug-likeness (QED) is 0.484. The first kappa shape index (κ1) is 23.3. The van der Waals surface area contributed by atoms with Crippen LogP contribution in [0.15, 0.2) is 78.9 Å². The predicted molar refractivity (Wildman–Crippen MR) is 124 cm³/mol. The highest BCUT2D eigenvalue weighted by Gasteiger charge is 2.17. The van der Waals surface area contributed by atoms with Gasteiger partial charge < -0.3 is 10.1 Å². The molecule has 3 aromatic rings. The lowest BCUT2D eigenvalue weighted by molar-refractivity contribution is -0.116. The summed E-state index contributed by atoms with van der Waals surface area (Å²) in [5.41, 5.74) is 2.05. The summed E-state index contributed by atoms with van der Waals surface area (Å²) in [5.74, 6) is 0.0171. The number of anilines is 2. The summed E-state index contributed by atoms with van der Waals surface area (Å²) in [6.45, 7) is 0.571. The molecule has 6 nitrogen and oxygen atoms in total. The molecule has 32 heavy (non-hydrogen) atoms. The van der Waals surface area contributed by atoms with Crippen molar-refractivity contribution in [2.24, 2.45) is 0 Å². The summed E-state index contributed by atoms with van der Waals surface area (Å²) in [5, 5.41) is 2.79. The number of hydrogen-bond acceptors (Lipinski definition) is 4. The van der Waals surface area contributed by atoms with Crippen LogP contribution in [0.1, 0.15) is 18.4 Å². The maximum atomic E-state index is 13.1. The Hall–Kier alpha value is -3.39. The number of ether oxygens (including phenoxy) is 1. The van der Waals surface area contributed by atoms with Crippen molar-refractivity contribution < 1.29 is 22.3 Å². The second kappa shape index (κ2) is 10.8. The van der Waals surface area contributed by atoms with E-state index in [1.807, 2.05) is 30.3 Å². The number of carbonyl (C=O) groups excluding carboxylic acids is 1. The molecule has 0 aromatic heterocycles. The smallest absolute Gasteiger partial charge is 0.232 e. The van der Waals surface area contributed by atoms with Crippen molar-refractivity contribution >= 4 is 27.3 Å². The first-order chi connectivity index (χ1) is 15.3. The van der Waals surface area contributed by atoms with Gasteiger partial charge in [-0.25, -0.2) is 12.8 Å². The monoisotopic (exact) mass is 456 g/mol. The standard InChI is InChI=1S/C24H25FN2O4S/c1-32(29,30)27(22-13-9-20(25)10-14-22)17-5-8-24(28)26-21-11-15-23(16-12-21)31-18-19-6-3-2-4-7-19/h2-4,6-7,9-16H,5,8,17-18H2,1H3,(H,26,28). The molecule has 8 heteroatoms. The largest absolute Gasteiger partial charge is 0.489 e. The Morgan fingerprint density at radius 3 is 2.25 bits per heavy atom. The molecule has 3 rings (SSSR count). The van der Waals surface area contributed by atoms with Crippen LogP contribution >= 0.6 is 0 Å². The molecule has 0 aliphatic heterocycles. The Morgan fingerprint density at radius 2 is 1.62 bits per heavy atom. The van der Waals surface area contributed by atoms with Crippen LogP contribution in [0.4, 0.5) is 15.8 Å². The van der Waals surface area contributed by atoms with Crippen molar-refractivity contribution in [1.29, 1.82) is 0 Å². The zero-order valence-electron chi connectivity index (χ0n) is 17.7. The maximum absolute atomic E-state index is 13.1. The van der Waals surface area contributed by atoms with Crippen LogP contribution in [0.2, 0.25) is 0 Å². The fourth-order valence-electron chi connectivity index (χ4n) is 3.08. The van der Waals surface area contributed by atoms with Crippen LogP contribution in [-0.4, -0.2) is 27.1 Å². The molecule has 0 saturated heterocycles. The van der Waals surface area contributed by atoms with Gasteiger partial charge in [-0.3, -0.25) is 9.10 Å². The molecule has 0 aliphatic rings. The minimum Gasteiger partial charge on any atom is -0.489 e. The third kappa shape index (κ3) is 7.09. The third-order valence-electron chi connectivity index (χ3n) is 4.67. The second-order valence-corrected chi connectivity index (χ2v) is 9.17. The van der Waals surface area contributed by atoms with Crippen molar-refractivity contribution in [1.82, 2.24) is 0 Å². The highest BCUT2D eigenvalue weighted by Crippen LogP contribution is 2.20. The Balaban J connectivity index is 1.48. The highest BCUT2D eigenvalue weighted by atomic mass is 32.2. The van der Waals surface area contributed by atoms with Crippen molar-refractivity contribution in [2.75, 3.05) is 22.4 Å². The lowest BCUT2D eigenvalue weighted by atomic mass is 10.2. The Kier molecular flexibility index (Phi) is 7.83. The van der Waals surface area contributed by atoms with Crippen LogP contribution in [0.3, 0.4) is 0 Å². The number of benzene rings is 3. The number of sulfonamides is 1. The van der Waals surface area contributed by atoms with E-state index in [-0.39, 0.29) is 18.9 Å². The van der Waals surface area contributed by atoms with Gasteiger partial charge in [-0.1, -0.05) is 30.3 Å². The summed E-state index contributed by atoms with van der Waals surface area (Å²) in [4.78, 5) is 12.3. The molecule has 0 fully saturated rings. The maximum Gasteiger partial charge on any atom is 0.232 e. The van der Waals surface area contributed by atoms with Crippen LogP contribution in [0.25, 0.3) is 0 Å². The normalized spacial score (nSPS) is 11.1. The van der Waals surface area contributed by atoms with E-state index in [4.69, 9.17) is 4.74 Å². The van der Waals surface area contributed by atoms with Crippen molar-refractivity contribution in [3.05, 3.63) is 90.2 Å². The van der Waals surface area contributed by atoms with Gasteiger partial charge in [0.15, 0.2) is 0 Å². The first-order valence-electron chi connectivity index (χ1n) is 10.1. The average Bonchev–Trinajstić information content (AvgIpc) is 2.77. The molecule has 0 aliphatic carbocycles. The summed E-state index contributed by atoms with van der Waals surface area (Å²) in [6, 6.07) is 22.1. The number of nitrogens with one attached hydrogen (secondary N) is 1. The molecule has 0 radical (unpaired) electrons. The van der Waals surface area contributed by atoms with Crippen LogP contribution in [0.5, 0.6) is 5.75 Å². The summed E-state index contributed by atoms with van der Waals surface area (Å²) >= 11 is 0. The molecule has 0 atom stereocenters. The van der Waals surface area contributed by atoms with Crippen molar-refractivity contribution in [3.8, 4) is 5.75 Å². The molecule has 0 saturated carbocycles. The lowest BCUT2D eigenvalue weighted by Gasteiger charge is -2.22. The number of rotatable bonds is 10. The van der Waals surface area contributed by atoms with E-state index in [1.54, 1.807) is 24.3 Å². The second-order valence-electron chi connectivity index (χ2n) is 7.26. The molecule has 3 aromatic carbocycles. The fourth-order valence-corrected chi connectivity index (χ4v) is 4.04. The molecular formula is C24H25FN2O4S. The van der Waals surface area contributed by atoms with Gasteiger partial charge in [0.2, 0.25) is 15.9 Å². The average molecular weight is 457 g/mol. The summed E-state index contributed by atoms with van der Waals surface area (Å²) in [7, 11) is -3.55. The van der Waals surface area contributed by atoms with Gasteiger partial charge in [0.25, 0.3) is 0 Å². The minimum atomic E-state index is -3.55. The fraction of sp³-hybridized carbons (Fsp3) is 0.208. The van der Waals surface area contributed by atoms with Crippen molar-refractivity contribution in [2.45, 2.75) is 19.4 Å². The Bertz CT molecular complexity index is 1120. The van der Waals surface area contributed by atoms with Crippen LogP contribution in [0, 0.1) is 5.82 Å². The molecule has 1 amide bonds. The number of carbonyl (C=O) groups is 1. The number of amides is 1. The van der Waals surface area contributed by atoms with E-state index < -0.39 is 15.8 Å². The number of hydrogen-bond donors (Lipinski definition) is 1. The molecule has 0 bridgehead atoms. The van der Waals surface area contributed by atoms with Crippen LogP contribution in [-0.2, 0) is 21.4 Å². The molecule has 0 spiro atoms. The minimum absolute atomic E-state index is 0.115. The van der Waals surface area contributed by atoms with E-state index in [9.17, 15) is 17.6 Å². The van der Waals surface area contributed by atoms with Gasteiger partial charge in [0, 0.05) is 18.7 Å². The zero-order chi connectivity index (χ0) is 23.0. The molecule has 0 heterocycles. The Morgan fingerprint density at radius 1 is 0.969 bits per heavy atom. The van der Waals surface area contributed by atoms with E-state index in [2.05, 4.69) is 5.32 Å². The summed E-state index contributed by atoms with van der Waals surface area (Å²) in [6.07, 6.45) is 1.53. The first-order valence-corrected chi connectivity index (χ1v) is 12.0. The van der Waals surface area contributed by atoms with E-state index >= 15 is 0 Å². The number of nitrogens with zero attached hydrogens (tertiary/aromatic N) is 1. The SMILES string of the molecule is CS(=O)(=O)N(CCCC(=O)Nc1ccc(OCc2ccccc2)cc1)c1ccc(F)cc1. The van der Waals surface area contributed by atoms with E-state index in [1.165, 1.54) is 28.6 Å². The van der Waals surface area contributed by atoms with Crippen molar-refractivity contribution in [3.63, 3.8) is 0 Å². The Labute approximate surface area is 187 Å². The van der Waals surface area contributed by atoms with E-state index in [0.29, 0.717) is 30.2 Å². The zero-order valence-corrected chi connectivity index (χ0v) is 18.5. The van der Waals surface area contributed by atoms with Gasteiger partial charge in [-0.05, 0) is 60.5 Å². The van der Waals surface area contributed by atoms with Gasteiger partial charge in [-0.15, -0.1) is 0 Å². The predicted octanol–water partition coefficient (Wildman–Crippen LogP) is 4.59. The van der Waals surface area contributed by atoms with Gasteiger partial charge in [0.1, 0.15) is 18.2 Å². The van der Waals surface area contributed by atoms with Gasteiger partial charge in [-0.2, -0.15) is 0 Å². The lowest BCUT2D eigenvalue weighted by Crippen LogP contribution is -2.31. The third-order valence-corrected chi connectivity index (χ3v) is 5.86. The van der Waals surface area contributed by atoms with Crippen LogP contribution < -0.4 is 14.4 Å². The molecule has 1 N–H and O–H groups in total. The summed E-state index contributed by atoms with van der Waals surface area (Å²) < 4.78 is 44.2. The van der Waals surface area contributed by atoms with Gasteiger partial charge in [0.05, 0.1) is 11.9 Å². The van der Waals surface area contributed by atoms with E-state index in [0.717, 1.165) is 11.8 Å². The molecule has 168 valence electrons.